The Kier molecular flexibility index (Phi) is 6.50. The summed E-state index contributed by atoms with van der Waals surface area (Å²) >= 11 is 0. The number of halogens is 1. The zero-order chi connectivity index (χ0) is 21.8. The molecule has 0 radical (unpaired) electrons. The van der Waals surface area contributed by atoms with Gasteiger partial charge in [0.05, 0.1) is 16.9 Å². The number of benzene rings is 1. The van der Waals surface area contributed by atoms with E-state index in [1.54, 1.807) is 12.3 Å². The molecule has 0 aliphatic carbocycles. The lowest BCUT2D eigenvalue weighted by Gasteiger charge is -2.43. The maximum atomic E-state index is 15.3. The first-order valence-electron chi connectivity index (χ1n) is 10.9. The summed E-state index contributed by atoms with van der Waals surface area (Å²) in [5.74, 6) is 0.431. The summed E-state index contributed by atoms with van der Waals surface area (Å²) in [4.78, 5) is 4.70. The number of anilines is 1. The molecule has 9 heteroatoms. The molecule has 1 fully saturated rings. The van der Waals surface area contributed by atoms with Crippen molar-refractivity contribution >= 4 is 5.69 Å². The molecule has 1 N–H and O–H groups in total. The van der Waals surface area contributed by atoms with Gasteiger partial charge in [0, 0.05) is 38.4 Å². The van der Waals surface area contributed by atoms with E-state index in [0.717, 1.165) is 56.0 Å². The molecular formula is C22H29FN8. The van der Waals surface area contributed by atoms with Crippen LogP contribution in [0.2, 0.25) is 0 Å². The van der Waals surface area contributed by atoms with Crippen molar-refractivity contribution < 1.29 is 4.39 Å². The monoisotopic (exact) mass is 424 g/mol. The lowest BCUT2D eigenvalue weighted by molar-refractivity contribution is 0.209. The highest BCUT2D eigenvalue weighted by Gasteiger charge is 2.30. The Labute approximate surface area is 181 Å². The Hall–Kier alpha value is -2.94. The number of H-pyrrole nitrogens is 1. The van der Waals surface area contributed by atoms with Crippen LogP contribution < -0.4 is 4.90 Å². The Morgan fingerprint density at radius 2 is 2.10 bits per heavy atom. The molecule has 1 unspecified atom stereocenters. The van der Waals surface area contributed by atoms with Crippen molar-refractivity contribution in [1.82, 2.24) is 35.7 Å². The molecule has 3 aromatic rings. The molecule has 31 heavy (non-hydrogen) atoms. The average molecular weight is 425 g/mol. The zero-order valence-electron chi connectivity index (χ0n) is 18.3. The first-order chi connectivity index (χ1) is 15.0. The van der Waals surface area contributed by atoms with E-state index in [1.165, 1.54) is 0 Å². The SMILES string of the molecule is CCC1CN(Cc2cccnn2)CCN1c1cc(CC(C)C)cc(F)c1-c1nn[nH]n1. The number of hydrogen-bond acceptors (Lipinski definition) is 7. The van der Waals surface area contributed by atoms with E-state index in [4.69, 9.17) is 0 Å². The van der Waals surface area contributed by atoms with Crippen molar-refractivity contribution in [3.63, 3.8) is 0 Å². The molecule has 164 valence electrons. The van der Waals surface area contributed by atoms with Gasteiger partial charge < -0.3 is 4.90 Å². The number of tetrazole rings is 1. The van der Waals surface area contributed by atoms with Crippen molar-refractivity contribution in [3.8, 4) is 11.4 Å². The van der Waals surface area contributed by atoms with Crippen LogP contribution in [0.25, 0.3) is 11.4 Å². The van der Waals surface area contributed by atoms with E-state index in [1.807, 2.05) is 12.1 Å². The summed E-state index contributed by atoms with van der Waals surface area (Å²) in [7, 11) is 0. The van der Waals surface area contributed by atoms with Crippen LogP contribution >= 0.6 is 0 Å². The Bertz CT molecular complexity index is 977. The molecule has 0 amide bonds. The van der Waals surface area contributed by atoms with Crippen LogP contribution in [0.4, 0.5) is 10.1 Å². The summed E-state index contributed by atoms with van der Waals surface area (Å²) in [5, 5.41) is 22.5. The topological polar surface area (TPSA) is 86.7 Å². The van der Waals surface area contributed by atoms with Gasteiger partial charge in [-0.15, -0.1) is 10.2 Å². The van der Waals surface area contributed by atoms with E-state index in [9.17, 15) is 0 Å². The number of aromatic amines is 1. The van der Waals surface area contributed by atoms with Crippen molar-refractivity contribution in [1.29, 1.82) is 0 Å². The maximum absolute atomic E-state index is 15.3. The van der Waals surface area contributed by atoms with Crippen molar-refractivity contribution in [3.05, 3.63) is 47.5 Å². The van der Waals surface area contributed by atoms with Crippen molar-refractivity contribution in [2.75, 3.05) is 24.5 Å². The zero-order valence-corrected chi connectivity index (χ0v) is 18.3. The third-order valence-electron chi connectivity index (χ3n) is 5.70. The summed E-state index contributed by atoms with van der Waals surface area (Å²) in [6, 6.07) is 7.87. The minimum atomic E-state index is -0.300. The molecule has 4 rings (SSSR count). The Morgan fingerprint density at radius 3 is 2.77 bits per heavy atom. The van der Waals surface area contributed by atoms with Gasteiger partial charge in [0.15, 0.2) is 0 Å². The molecule has 0 saturated carbocycles. The summed E-state index contributed by atoms with van der Waals surface area (Å²) < 4.78 is 15.3. The fraction of sp³-hybridized carbons (Fsp3) is 0.500. The summed E-state index contributed by atoms with van der Waals surface area (Å²) in [6.45, 7) is 9.73. The highest BCUT2D eigenvalue weighted by molar-refractivity contribution is 5.76. The summed E-state index contributed by atoms with van der Waals surface area (Å²) in [5.41, 5.74) is 3.22. The van der Waals surface area contributed by atoms with Crippen LogP contribution in [0.15, 0.2) is 30.5 Å². The molecule has 1 aliphatic rings. The van der Waals surface area contributed by atoms with Gasteiger partial charge in [-0.25, -0.2) is 4.39 Å². The highest BCUT2D eigenvalue weighted by atomic mass is 19.1. The fourth-order valence-electron chi connectivity index (χ4n) is 4.33. The number of piperazine rings is 1. The van der Waals surface area contributed by atoms with Gasteiger partial charge in [-0.2, -0.15) is 15.4 Å². The van der Waals surface area contributed by atoms with Gasteiger partial charge in [-0.05, 0) is 53.8 Å². The molecule has 0 spiro atoms. The normalized spacial score (nSPS) is 17.5. The van der Waals surface area contributed by atoms with Crippen molar-refractivity contribution in [2.24, 2.45) is 5.92 Å². The number of aromatic nitrogens is 6. The minimum absolute atomic E-state index is 0.241. The van der Waals surface area contributed by atoms with Gasteiger partial charge in [0.25, 0.3) is 0 Å². The number of rotatable bonds is 7. The van der Waals surface area contributed by atoms with Gasteiger partial charge in [0.2, 0.25) is 5.82 Å². The molecule has 1 aromatic carbocycles. The Morgan fingerprint density at radius 1 is 1.23 bits per heavy atom. The van der Waals surface area contributed by atoms with Crippen LogP contribution in [0.3, 0.4) is 0 Å². The fourth-order valence-corrected chi connectivity index (χ4v) is 4.33. The predicted octanol–water partition coefficient (Wildman–Crippen LogP) is 3.10. The molecule has 1 saturated heterocycles. The van der Waals surface area contributed by atoms with E-state index in [2.05, 4.69) is 67.5 Å². The quantitative estimate of drug-likeness (QED) is 0.624. The maximum Gasteiger partial charge on any atom is 0.209 e. The Balaban J connectivity index is 1.64. The van der Waals surface area contributed by atoms with Gasteiger partial charge in [-0.3, -0.25) is 4.90 Å². The van der Waals surface area contributed by atoms with Gasteiger partial charge >= 0.3 is 0 Å². The largest absolute Gasteiger partial charge is 0.365 e. The van der Waals surface area contributed by atoms with E-state index in [0.29, 0.717) is 17.3 Å². The van der Waals surface area contributed by atoms with Crippen LogP contribution in [0.5, 0.6) is 0 Å². The molecule has 1 atom stereocenters. The lowest BCUT2D eigenvalue weighted by atomic mass is 9.97. The first-order valence-corrected chi connectivity index (χ1v) is 10.9. The molecule has 8 nitrogen and oxygen atoms in total. The van der Waals surface area contributed by atoms with Crippen LogP contribution in [0.1, 0.15) is 38.4 Å². The molecular weight excluding hydrogens is 395 g/mol. The highest BCUT2D eigenvalue weighted by Crippen LogP contribution is 2.35. The number of nitrogens with zero attached hydrogens (tertiary/aromatic N) is 7. The second-order valence-corrected chi connectivity index (χ2v) is 8.51. The lowest BCUT2D eigenvalue weighted by Crippen LogP contribution is -2.53. The molecule has 2 aromatic heterocycles. The average Bonchev–Trinajstić information content (AvgIpc) is 3.28. The van der Waals surface area contributed by atoms with Crippen LogP contribution in [-0.2, 0) is 13.0 Å². The molecule has 3 heterocycles. The van der Waals surface area contributed by atoms with Crippen LogP contribution in [-0.4, -0.2) is 61.4 Å². The van der Waals surface area contributed by atoms with E-state index in [-0.39, 0.29) is 11.9 Å². The predicted molar refractivity (Wildman–Crippen MR) is 117 cm³/mol. The summed E-state index contributed by atoms with van der Waals surface area (Å²) in [6.07, 6.45) is 3.45. The minimum Gasteiger partial charge on any atom is -0.365 e. The second kappa shape index (κ2) is 9.47. The van der Waals surface area contributed by atoms with Crippen molar-refractivity contribution in [2.45, 2.75) is 46.2 Å². The first kappa shape index (κ1) is 21.3. The smallest absolute Gasteiger partial charge is 0.209 e. The third kappa shape index (κ3) is 4.87. The van der Waals surface area contributed by atoms with E-state index < -0.39 is 0 Å². The standard InChI is InChI=1S/C22H29FN8/c1-4-18-14-30(13-17-6-5-7-24-25-17)8-9-31(18)20-12-16(10-15(2)3)11-19(23)21(20)22-26-28-29-27-22/h5-7,11-12,15,18H,4,8-10,13-14H2,1-3H3,(H,26,27,28,29). The van der Waals surface area contributed by atoms with E-state index >= 15 is 4.39 Å². The second-order valence-electron chi connectivity index (χ2n) is 8.51. The number of hydrogen-bond donors (Lipinski definition) is 1. The van der Waals surface area contributed by atoms with Gasteiger partial charge in [0.1, 0.15) is 5.82 Å². The molecule has 1 aliphatic heterocycles. The van der Waals surface area contributed by atoms with Gasteiger partial charge in [-0.1, -0.05) is 20.8 Å². The van der Waals surface area contributed by atoms with Crippen LogP contribution in [0, 0.1) is 11.7 Å². The third-order valence-corrected chi connectivity index (χ3v) is 5.70. The number of nitrogens with one attached hydrogen (secondary N) is 1. The molecule has 0 bridgehead atoms.